The number of phenolic OH excluding ortho intramolecular Hbond substituents is 2. The largest absolute Gasteiger partial charge is 0.507 e. The molecule has 0 heterocycles. The Hall–Kier alpha value is -8.48. The summed E-state index contributed by atoms with van der Waals surface area (Å²) in [4.78, 5) is -3.55. The maximum absolute atomic E-state index is 12.6. The van der Waals surface area contributed by atoms with Gasteiger partial charge in [-0.1, -0.05) is 0 Å². The van der Waals surface area contributed by atoms with E-state index in [0.717, 1.165) is 18.2 Å². The maximum Gasteiger partial charge on any atom is 0.296 e. The normalized spacial score (nSPS) is 13.0. The summed E-state index contributed by atoms with van der Waals surface area (Å²) in [6.45, 7) is 10.3. The first kappa shape index (κ1) is 55.7. The minimum Gasteiger partial charge on any atom is -0.507 e. The molecule has 0 unspecified atom stereocenters. The summed E-state index contributed by atoms with van der Waals surface area (Å²) in [7, 11) is -20.2. The van der Waals surface area contributed by atoms with Crippen molar-refractivity contribution in [3.63, 3.8) is 0 Å². The molecule has 400 valence electrons. The highest BCUT2D eigenvalue weighted by Crippen LogP contribution is 2.44. The van der Waals surface area contributed by atoms with Crippen LogP contribution in [0.2, 0.25) is 0 Å². The van der Waals surface area contributed by atoms with E-state index in [0.29, 0.717) is 85.3 Å². The molecule has 0 aliphatic carbocycles. The summed E-state index contributed by atoms with van der Waals surface area (Å²) in [5.74, 6) is -0.407. The van der Waals surface area contributed by atoms with Gasteiger partial charge in [0.2, 0.25) is 0 Å². The molecular weight excluding hydrogens is 1090 g/mol. The van der Waals surface area contributed by atoms with Crippen molar-refractivity contribution in [3.8, 4) is 11.5 Å². The van der Waals surface area contributed by atoms with E-state index in [9.17, 15) is 62.1 Å². The van der Waals surface area contributed by atoms with Gasteiger partial charge >= 0.3 is 0 Å². The summed E-state index contributed by atoms with van der Waals surface area (Å²) in [5.41, 5.74) is 5.57. The average molecular weight is 1140 g/mol. The second-order valence-electron chi connectivity index (χ2n) is 17.6. The van der Waals surface area contributed by atoms with Crippen LogP contribution in [-0.4, -0.2) is 62.1 Å². The van der Waals surface area contributed by atoms with Crippen LogP contribution in [0, 0.1) is 41.5 Å². The van der Waals surface area contributed by atoms with Gasteiger partial charge < -0.3 is 10.2 Å². The molecule has 8 aromatic rings. The fourth-order valence-corrected chi connectivity index (χ4v) is 10.5. The fraction of sp³-hybridized carbons (Fsp3) is 0.120. The molecule has 78 heavy (non-hydrogen) atoms. The molecule has 0 fully saturated rings. The highest BCUT2D eigenvalue weighted by atomic mass is 32.2. The van der Waals surface area contributed by atoms with E-state index in [1.165, 1.54) is 24.3 Å². The Morgan fingerprint density at radius 2 is 0.718 bits per heavy atom. The number of aryl methyl sites for hydroxylation is 6. The average Bonchev–Trinajstić information content (AvgIpc) is 3.35. The Balaban J connectivity index is 0.974. The molecule has 0 spiro atoms. The van der Waals surface area contributed by atoms with Crippen LogP contribution in [0.3, 0.4) is 0 Å². The van der Waals surface area contributed by atoms with E-state index >= 15 is 0 Å². The monoisotopic (exact) mass is 1130 g/mol. The molecule has 0 aliphatic heterocycles. The number of benzene rings is 8. The molecule has 0 aliphatic rings. The Morgan fingerprint density at radius 1 is 0.308 bits per heavy atom. The van der Waals surface area contributed by atoms with E-state index in [2.05, 4.69) is 51.1 Å². The SMILES string of the molecule is Cc1cc(N=Nc2cc(C)c(N=Nc3c(S(=O)(=O)O)cc4cc(N=Nc5cc(C)c(O)c(C)c5)ccc4c3O)cc2C)ccc1N=Nc1ccc(N=Nc2cc3c(S(=O)(=O)O)cc(S(=O)(=O)O)cc3cc2S(=O)(=O)O)c(C)c1. The van der Waals surface area contributed by atoms with Crippen molar-refractivity contribution in [2.45, 2.75) is 61.1 Å². The Labute approximate surface area is 445 Å². The van der Waals surface area contributed by atoms with Crippen LogP contribution in [0.15, 0.2) is 180 Å². The third kappa shape index (κ3) is 12.4. The van der Waals surface area contributed by atoms with Gasteiger partial charge in [0.05, 0.1) is 50.4 Å². The van der Waals surface area contributed by atoms with Crippen LogP contribution in [0.1, 0.15) is 33.4 Å². The van der Waals surface area contributed by atoms with E-state index in [4.69, 9.17) is 0 Å². The van der Waals surface area contributed by atoms with Crippen LogP contribution in [0.5, 0.6) is 11.5 Å². The molecule has 8 rings (SSSR count). The molecular formula is C50H42N10O14S4. The Morgan fingerprint density at radius 3 is 1.24 bits per heavy atom. The summed E-state index contributed by atoms with van der Waals surface area (Å²) in [5, 5.41) is 63.1. The molecule has 0 amide bonds. The number of fused-ring (bicyclic) bond motifs is 2. The third-order valence-corrected chi connectivity index (χ3v) is 15.3. The van der Waals surface area contributed by atoms with Gasteiger partial charge in [0.1, 0.15) is 31.8 Å². The molecule has 0 radical (unpaired) electrons. The van der Waals surface area contributed by atoms with E-state index in [-0.39, 0.29) is 22.2 Å². The first-order chi connectivity index (χ1) is 36.4. The Bertz CT molecular complexity index is 4470. The summed E-state index contributed by atoms with van der Waals surface area (Å²) >= 11 is 0. The summed E-state index contributed by atoms with van der Waals surface area (Å²) in [6.07, 6.45) is 0. The van der Waals surface area contributed by atoms with Crippen molar-refractivity contribution < 1.29 is 62.1 Å². The summed E-state index contributed by atoms with van der Waals surface area (Å²) < 4.78 is 137. The van der Waals surface area contributed by atoms with Gasteiger partial charge in [-0.05, 0) is 195 Å². The van der Waals surface area contributed by atoms with Gasteiger partial charge in [0.15, 0.2) is 5.75 Å². The van der Waals surface area contributed by atoms with Crippen LogP contribution in [0.4, 0.5) is 56.9 Å². The minimum atomic E-state index is -5.15. The smallest absolute Gasteiger partial charge is 0.296 e. The van der Waals surface area contributed by atoms with Gasteiger partial charge in [0.25, 0.3) is 40.5 Å². The molecule has 6 N–H and O–H groups in total. The van der Waals surface area contributed by atoms with Crippen LogP contribution >= 0.6 is 0 Å². The predicted octanol–water partition coefficient (Wildman–Crippen LogP) is 14.3. The fourth-order valence-electron chi connectivity index (χ4n) is 7.83. The second kappa shape index (κ2) is 21.2. The van der Waals surface area contributed by atoms with E-state index in [1.54, 1.807) is 96.1 Å². The van der Waals surface area contributed by atoms with Crippen molar-refractivity contribution in [2.24, 2.45) is 51.1 Å². The number of rotatable bonds is 14. The van der Waals surface area contributed by atoms with Crippen molar-refractivity contribution in [1.29, 1.82) is 0 Å². The van der Waals surface area contributed by atoms with Gasteiger partial charge in [-0.3, -0.25) is 18.2 Å². The molecule has 0 saturated carbocycles. The van der Waals surface area contributed by atoms with Crippen LogP contribution in [-0.2, 0) is 40.5 Å². The van der Waals surface area contributed by atoms with Gasteiger partial charge in [-0.15, -0.1) is 10.2 Å². The zero-order valence-corrected chi connectivity index (χ0v) is 44.7. The predicted molar refractivity (Wildman–Crippen MR) is 286 cm³/mol. The zero-order chi connectivity index (χ0) is 56.8. The second-order valence-corrected chi connectivity index (χ2v) is 23.2. The topological polar surface area (TPSA) is 382 Å². The van der Waals surface area contributed by atoms with Crippen LogP contribution in [0.25, 0.3) is 21.5 Å². The number of phenols is 2. The number of aromatic hydroxyl groups is 2. The number of azo groups is 5. The standard InChI is InChI=1S/C50H42N10O14S4/c1-25-13-34(8-11-40(25)55-52-33-9-12-41(26(2)14-33)56-59-44-24-39-32(21-46(44)77(69,70)71)20-37(75(63,64)65)23-45(39)76(66,67)68)53-57-42-17-28(4)43(18-27(42)3)58-60-48-47(78(72,73)74)22-31-19-35(7-10-38(31)50(48)62)51-54-36-15-29(5)49(61)30(6)16-36/h7-24,61-62H,1-6H3,(H,63,64,65)(H,66,67,68)(H,69,70,71)(H,72,73,74). The Kier molecular flexibility index (Phi) is 15.1. The van der Waals surface area contributed by atoms with Gasteiger partial charge in [0, 0.05) is 10.8 Å². The molecule has 0 bridgehead atoms. The minimum absolute atomic E-state index is 0.145. The lowest BCUT2D eigenvalue weighted by molar-refractivity contribution is 0.467. The molecule has 0 saturated heterocycles. The van der Waals surface area contributed by atoms with Crippen LogP contribution < -0.4 is 0 Å². The van der Waals surface area contributed by atoms with Gasteiger partial charge in [-0.25, -0.2) is 0 Å². The highest BCUT2D eigenvalue weighted by Gasteiger charge is 2.26. The maximum atomic E-state index is 12.6. The number of nitrogens with zero attached hydrogens (tertiary/aromatic N) is 10. The molecule has 0 atom stereocenters. The lowest BCUT2D eigenvalue weighted by Crippen LogP contribution is -2.05. The zero-order valence-electron chi connectivity index (χ0n) is 41.4. The van der Waals surface area contributed by atoms with E-state index < -0.39 is 88.0 Å². The lowest BCUT2D eigenvalue weighted by atomic mass is 10.1. The quantitative estimate of drug-likeness (QED) is 0.0435. The van der Waals surface area contributed by atoms with Crippen molar-refractivity contribution in [2.75, 3.05) is 0 Å². The first-order valence-corrected chi connectivity index (χ1v) is 28.2. The van der Waals surface area contributed by atoms with Crippen molar-refractivity contribution >= 4 is 119 Å². The number of hydrogen-bond donors (Lipinski definition) is 6. The molecule has 8 aromatic carbocycles. The molecule has 28 heteroatoms. The van der Waals surface area contributed by atoms with Crippen molar-refractivity contribution in [3.05, 3.63) is 143 Å². The summed E-state index contributed by atoms with van der Waals surface area (Å²) in [6, 6.07) is 24.7. The van der Waals surface area contributed by atoms with Gasteiger partial charge in [-0.2, -0.15) is 74.6 Å². The highest BCUT2D eigenvalue weighted by molar-refractivity contribution is 7.87. The lowest BCUT2D eigenvalue weighted by Gasteiger charge is -2.10. The van der Waals surface area contributed by atoms with E-state index in [1.807, 2.05) is 0 Å². The first-order valence-electron chi connectivity index (χ1n) is 22.5. The third-order valence-electron chi connectivity index (χ3n) is 11.8. The number of hydrogen-bond acceptors (Lipinski definition) is 20. The molecule has 24 nitrogen and oxygen atoms in total. The molecule has 0 aromatic heterocycles. The van der Waals surface area contributed by atoms with Crippen molar-refractivity contribution in [1.82, 2.24) is 0 Å².